The smallest absolute Gasteiger partial charge is 0.0720 e. The summed E-state index contributed by atoms with van der Waals surface area (Å²) in [5.41, 5.74) is 23.1. The zero-order valence-electron chi connectivity index (χ0n) is 38.2. The molecule has 0 N–H and O–H groups in total. The molecule has 0 saturated heterocycles. The Morgan fingerprint density at radius 1 is 0.271 bits per heavy atom. The van der Waals surface area contributed by atoms with Crippen molar-refractivity contribution in [3.05, 3.63) is 305 Å². The maximum atomic E-state index is 2.56. The SMILES string of the molecule is c1ccc(N(c2ccc(-c3ccc4c(c3)C3(c5ccccc5-c5ccccc53)c3ccccc3C43c4ccccc4-c4ccccc43)cc2)c2ccccc2-c2cccc3c2sc2ccccc23)cc1. The molecule has 0 aliphatic heterocycles. The third kappa shape index (κ3) is 5.21. The van der Waals surface area contributed by atoms with Crippen LogP contribution in [0.25, 0.3) is 64.7 Å². The van der Waals surface area contributed by atoms with Gasteiger partial charge in [-0.2, -0.15) is 0 Å². The van der Waals surface area contributed by atoms with Crippen molar-refractivity contribution in [2.45, 2.75) is 10.8 Å². The average Bonchev–Trinajstić information content (AvgIpc) is 4.07. The largest absolute Gasteiger partial charge is 0.310 e. The molecular weight excluding hydrogens is 863 g/mol. The highest BCUT2D eigenvalue weighted by Gasteiger charge is 2.59. The fourth-order valence-corrected chi connectivity index (χ4v) is 14.3. The first kappa shape index (κ1) is 39.4. The Kier molecular flexibility index (Phi) is 8.43. The van der Waals surface area contributed by atoms with Gasteiger partial charge in [-0.25, -0.2) is 0 Å². The predicted octanol–water partition coefficient (Wildman–Crippen LogP) is 17.9. The summed E-state index contributed by atoms with van der Waals surface area (Å²) in [7, 11) is 0. The van der Waals surface area contributed by atoms with Crippen molar-refractivity contribution in [3.8, 4) is 44.5 Å². The van der Waals surface area contributed by atoms with Crippen molar-refractivity contribution in [2.24, 2.45) is 0 Å². The van der Waals surface area contributed by atoms with Gasteiger partial charge in [-0.05, 0) is 120 Å². The third-order valence-corrected chi connectivity index (χ3v) is 17.0. The van der Waals surface area contributed by atoms with Crippen LogP contribution >= 0.6 is 11.3 Å². The fourth-order valence-electron chi connectivity index (χ4n) is 13.1. The van der Waals surface area contributed by atoms with E-state index >= 15 is 0 Å². The summed E-state index contributed by atoms with van der Waals surface area (Å²) in [5.74, 6) is 0. The first-order chi connectivity index (χ1) is 34.7. The summed E-state index contributed by atoms with van der Waals surface area (Å²) >= 11 is 1.88. The minimum atomic E-state index is -0.544. The topological polar surface area (TPSA) is 3.24 Å². The first-order valence-electron chi connectivity index (χ1n) is 24.3. The molecule has 11 aromatic carbocycles. The number of benzene rings is 11. The van der Waals surface area contributed by atoms with E-state index in [-0.39, 0.29) is 0 Å². The lowest BCUT2D eigenvalue weighted by molar-refractivity contribution is 0.633. The van der Waals surface area contributed by atoms with E-state index in [2.05, 4.69) is 266 Å². The Morgan fingerprint density at radius 2 is 0.700 bits per heavy atom. The van der Waals surface area contributed by atoms with Crippen LogP contribution in [0.2, 0.25) is 0 Å². The van der Waals surface area contributed by atoms with Gasteiger partial charge < -0.3 is 4.90 Å². The molecule has 2 heteroatoms. The normalized spacial score (nSPS) is 13.9. The molecule has 0 bridgehead atoms. The molecule has 1 nitrogen and oxygen atoms in total. The zero-order chi connectivity index (χ0) is 46.0. The number of rotatable bonds is 5. The molecule has 0 atom stereocenters. The maximum Gasteiger partial charge on any atom is 0.0720 e. The van der Waals surface area contributed by atoms with Gasteiger partial charge in [0.05, 0.1) is 16.5 Å². The molecule has 0 radical (unpaired) electrons. The zero-order valence-corrected chi connectivity index (χ0v) is 39.0. The standard InChI is InChI=1S/C68H43NS/c1-2-19-46(20-3-1)69(64-35-16-8-25-52(64)54-27-18-28-55-53-26-9-17-36-65(53)70-66(54)55)47-40-37-44(38-41-47)45-39-42-62-63(43-45)68(58-31-12-6-23-50(58)51-24-7-13-32-59(51)68)61-34-15-14-33-60(61)67(62)56-29-10-4-21-48(56)49-22-5-11-30-57(49)67/h1-43H. The molecule has 3 aliphatic rings. The van der Waals surface area contributed by atoms with Crippen molar-refractivity contribution in [2.75, 3.05) is 4.90 Å². The van der Waals surface area contributed by atoms with Crippen molar-refractivity contribution >= 4 is 48.6 Å². The van der Waals surface area contributed by atoms with Gasteiger partial charge in [0, 0.05) is 42.7 Å². The summed E-state index contributed by atoms with van der Waals surface area (Å²) in [5, 5.41) is 2.61. The van der Waals surface area contributed by atoms with Crippen molar-refractivity contribution < 1.29 is 0 Å². The Bertz CT molecular complexity index is 3990. The minimum absolute atomic E-state index is 0.511. The molecule has 0 saturated carbocycles. The van der Waals surface area contributed by atoms with Crippen LogP contribution in [-0.2, 0) is 10.8 Å². The van der Waals surface area contributed by atoms with Crippen LogP contribution in [0.15, 0.2) is 261 Å². The Morgan fingerprint density at radius 3 is 1.31 bits per heavy atom. The lowest BCUT2D eigenvalue weighted by Gasteiger charge is -2.49. The second-order valence-corrected chi connectivity index (χ2v) is 20.1. The van der Waals surface area contributed by atoms with E-state index in [4.69, 9.17) is 0 Å². The number of nitrogens with zero attached hydrogens (tertiary/aromatic N) is 1. The average molecular weight is 906 g/mol. The number of hydrogen-bond donors (Lipinski definition) is 0. The summed E-state index contributed by atoms with van der Waals surface area (Å²) in [6, 6.07) is 98.0. The minimum Gasteiger partial charge on any atom is -0.310 e. The molecule has 326 valence electrons. The Labute approximate surface area is 411 Å². The number of anilines is 3. The molecule has 2 spiro atoms. The summed E-state index contributed by atoms with van der Waals surface area (Å²) in [6.07, 6.45) is 0. The second kappa shape index (κ2) is 15.0. The van der Waals surface area contributed by atoms with Crippen LogP contribution < -0.4 is 4.90 Å². The number of para-hydroxylation sites is 2. The van der Waals surface area contributed by atoms with Gasteiger partial charge in [0.15, 0.2) is 0 Å². The first-order valence-corrected chi connectivity index (χ1v) is 25.2. The molecule has 0 unspecified atom stereocenters. The highest BCUT2D eigenvalue weighted by atomic mass is 32.1. The van der Waals surface area contributed by atoms with E-state index in [0.29, 0.717) is 0 Å². The maximum absolute atomic E-state index is 2.56. The highest BCUT2D eigenvalue weighted by Crippen LogP contribution is 2.67. The highest BCUT2D eigenvalue weighted by molar-refractivity contribution is 7.26. The van der Waals surface area contributed by atoms with Gasteiger partial charge in [-0.1, -0.05) is 218 Å². The molecule has 1 aromatic heterocycles. The quantitative estimate of drug-likeness (QED) is 0.166. The predicted molar refractivity (Wildman–Crippen MR) is 293 cm³/mol. The second-order valence-electron chi connectivity index (χ2n) is 19.0. The van der Waals surface area contributed by atoms with Crippen LogP contribution in [-0.4, -0.2) is 0 Å². The fraction of sp³-hybridized carbons (Fsp3) is 0.0294. The Hall–Kier alpha value is -8.56. The van der Waals surface area contributed by atoms with Gasteiger partial charge in [0.25, 0.3) is 0 Å². The number of hydrogen-bond acceptors (Lipinski definition) is 2. The molecule has 12 aromatic rings. The van der Waals surface area contributed by atoms with E-state index in [1.54, 1.807) is 0 Å². The van der Waals surface area contributed by atoms with E-state index in [0.717, 1.165) is 17.1 Å². The van der Waals surface area contributed by atoms with Crippen LogP contribution in [0.1, 0.15) is 44.5 Å². The summed E-state index contributed by atoms with van der Waals surface area (Å²) in [6.45, 7) is 0. The molecule has 70 heavy (non-hydrogen) atoms. The van der Waals surface area contributed by atoms with Crippen LogP contribution in [0.5, 0.6) is 0 Å². The Balaban J connectivity index is 0.944. The number of fused-ring (bicyclic) bond motifs is 19. The summed E-state index contributed by atoms with van der Waals surface area (Å²) < 4.78 is 2.62. The van der Waals surface area contributed by atoms with Crippen molar-refractivity contribution in [1.29, 1.82) is 0 Å². The number of thiophene rings is 1. The van der Waals surface area contributed by atoms with Gasteiger partial charge in [0.2, 0.25) is 0 Å². The van der Waals surface area contributed by atoms with Crippen LogP contribution in [0.4, 0.5) is 17.1 Å². The molecule has 15 rings (SSSR count). The van der Waals surface area contributed by atoms with Gasteiger partial charge >= 0.3 is 0 Å². The lowest BCUT2D eigenvalue weighted by Crippen LogP contribution is -2.43. The van der Waals surface area contributed by atoms with Gasteiger partial charge in [0.1, 0.15) is 0 Å². The lowest BCUT2D eigenvalue weighted by atomic mass is 9.52. The molecule has 3 aliphatic carbocycles. The van der Waals surface area contributed by atoms with E-state index < -0.39 is 10.8 Å². The molecule has 0 fully saturated rings. The monoisotopic (exact) mass is 905 g/mol. The summed E-state index contributed by atoms with van der Waals surface area (Å²) in [4.78, 5) is 2.43. The van der Waals surface area contributed by atoms with E-state index in [1.165, 1.54) is 109 Å². The van der Waals surface area contributed by atoms with Crippen LogP contribution in [0.3, 0.4) is 0 Å². The molecular formula is C68H43NS. The van der Waals surface area contributed by atoms with Crippen molar-refractivity contribution in [1.82, 2.24) is 0 Å². The van der Waals surface area contributed by atoms with Gasteiger partial charge in [-0.3, -0.25) is 0 Å². The van der Waals surface area contributed by atoms with E-state index in [1.807, 2.05) is 11.3 Å². The molecule has 0 amide bonds. The van der Waals surface area contributed by atoms with E-state index in [9.17, 15) is 0 Å². The third-order valence-electron chi connectivity index (χ3n) is 15.8. The van der Waals surface area contributed by atoms with Crippen molar-refractivity contribution in [3.63, 3.8) is 0 Å². The van der Waals surface area contributed by atoms with Gasteiger partial charge in [-0.15, -0.1) is 11.3 Å². The van der Waals surface area contributed by atoms with Crippen LogP contribution in [0, 0.1) is 0 Å². The molecule has 1 heterocycles.